The van der Waals surface area contributed by atoms with Gasteiger partial charge in [0.2, 0.25) is 0 Å². The summed E-state index contributed by atoms with van der Waals surface area (Å²) in [7, 11) is 1.57. The van der Waals surface area contributed by atoms with Gasteiger partial charge in [-0.2, -0.15) is 5.26 Å². The Kier molecular flexibility index (Phi) is 3.10. The highest BCUT2D eigenvalue weighted by Crippen LogP contribution is 2.17. The molecule has 0 N–H and O–H groups in total. The van der Waals surface area contributed by atoms with E-state index in [1.807, 2.05) is 30.3 Å². The first-order chi connectivity index (χ1) is 6.29. The molecule has 1 aromatic carbocycles. The lowest BCUT2D eigenvalue weighted by Gasteiger charge is -2.03. The SMILES string of the molecule is CO/C(C)=C(\C#N)c1ccccc1. The van der Waals surface area contributed by atoms with Gasteiger partial charge in [-0.3, -0.25) is 0 Å². The summed E-state index contributed by atoms with van der Waals surface area (Å²) in [4.78, 5) is 0. The minimum atomic E-state index is 0.586. The molecule has 0 bridgehead atoms. The zero-order valence-electron chi connectivity index (χ0n) is 7.74. The number of benzene rings is 1. The standard InChI is InChI=1S/C11H11NO/c1-9(13-2)11(8-12)10-6-4-3-5-7-10/h3-7H,1-2H3/b11-9+. The summed E-state index contributed by atoms with van der Waals surface area (Å²) in [6.45, 7) is 1.78. The van der Waals surface area contributed by atoms with Crippen molar-refractivity contribution >= 4 is 5.57 Å². The van der Waals surface area contributed by atoms with E-state index in [0.29, 0.717) is 11.3 Å². The predicted molar refractivity (Wildman–Crippen MR) is 51.7 cm³/mol. The topological polar surface area (TPSA) is 33.0 Å². The first kappa shape index (κ1) is 9.34. The molecule has 0 amide bonds. The van der Waals surface area contributed by atoms with Crippen LogP contribution in [0, 0.1) is 11.3 Å². The highest BCUT2D eigenvalue weighted by molar-refractivity contribution is 5.77. The molecule has 1 aromatic rings. The zero-order valence-corrected chi connectivity index (χ0v) is 7.74. The number of nitrogens with zero attached hydrogens (tertiary/aromatic N) is 1. The Morgan fingerprint density at radius 2 is 1.92 bits per heavy atom. The van der Waals surface area contributed by atoms with E-state index < -0.39 is 0 Å². The molecule has 0 atom stereocenters. The van der Waals surface area contributed by atoms with E-state index in [4.69, 9.17) is 10.00 Å². The van der Waals surface area contributed by atoms with E-state index in [1.165, 1.54) is 0 Å². The number of allylic oxidation sites excluding steroid dienone is 2. The monoisotopic (exact) mass is 173 g/mol. The molecule has 0 saturated carbocycles. The van der Waals surface area contributed by atoms with Crippen molar-refractivity contribution in [3.8, 4) is 6.07 Å². The summed E-state index contributed by atoms with van der Waals surface area (Å²) in [5.41, 5.74) is 1.48. The van der Waals surface area contributed by atoms with Crippen LogP contribution in [0.2, 0.25) is 0 Å². The fourth-order valence-electron chi connectivity index (χ4n) is 1.05. The van der Waals surface area contributed by atoms with Crippen LogP contribution in [0.1, 0.15) is 12.5 Å². The van der Waals surface area contributed by atoms with E-state index in [-0.39, 0.29) is 0 Å². The van der Waals surface area contributed by atoms with Crippen molar-refractivity contribution in [1.29, 1.82) is 5.26 Å². The third kappa shape index (κ3) is 2.09. The normalized spacial score (nSPS) is 11.5. The molecule has 2 heteroatoms. The van der Waals surface area contributed by atoms with Crippen LogP contribution >= 0.6 is 0 Å². The molecule has 0 heterocycles. The maximum Gasteiger partial charge on any atom is 0.111 e. The summed E-state index contributed by atoms with van der Waals surface area (Å²) in [6, 6.07) is 11.6. The number of nitriles is 1. The minimum Gasteiger partial charge on any atom is -0.500 e. The Labute approximate surface area is 78.1 Å². The van der Waals surface area contributed by atoms with Crippen LogP contribution in [-0.2, 0) is 4.74 Å². The molecule has 66 valence electrons. The van der Waals surface area contributed by atoms with Gasteiger partial charge in [0.1, 0.15) is 11.8 Å². The number of rotatable bonds is 2. The summed E-state index contributed by atoms with van der Waals surface area (Å²) >= 11 is 0. The van der Waals surface area contributed by atoms with E-state index in [0.717, 1.165) is 5.56 Å². The summed E-state index contributed by atoms with van der Waals surface area (Å²) in [6.07, 6.45) is 0. The minimum absolute atomic E-state index is 0.586. The van der Waals surface area contributed by atoms with E-state index in [9.17, 15) is 0 Å². The molecule has 0 aliphatic rings. The van der Waals surface area contributed by atoms with Gasteiger partial charge in [0.25, 0.3) is 0 Å². The molecule has 0 aliphatic heterocycles. The van der Waals surface area contributed by atoms with Gasteiger partial charge in [-0.05, 0) is 12.5 Å². The van der Waals surface area contributed by atoms with Gasteiger partial charge in [-0.25, -0.2) is 0 Å². The van der Waals surface area contributed by atoms with Crippen LogP contribution in [0.4, 0.5) is 0 Å². The largest absolute Gasteiger partial charge is 0.500 e. The van der Waals surface area contributed by atoms with Crippen LogP contribution < -0.4 is 0 Å². The third-order valence-electron chi connectivity index (χ3n) is 1.83. The second-order valence-corrected chi connectivity index (χ2v) is 2.61. The van der Waals surface area contributed by atoms with Gasteiger partial charge in [-0.1, -0.05) is 30.3 Å². The van der Waals surface area contributed by atoms with E-state index in [1.54, 1.807) is 14.0 Å². The summed E-state index contributed by atoms with van der Waals surface area (Å²) < 4.78 is 5.01. The lowest BCUT2D eigenvalue weighted by atomic mass is 10.1. The molecule has 0 unspecified atom stereocenters. The lowest BCUT2D eigenvalue weighted by Crippen LogP contribution is -1.88. The van der Waals surface area contributed by atoms with Crippen molar-refractivity contribution in [3.05, 3.63) is 41.7 Å². The molecule has 0 radical (unpaired) electrons. The van der Waals surface area contributed by atoms with E-state index >= 15 is 0 Å². The number of hydrogen-bond acceptors (Lipinski definition) is 2. The third-order valence-corrected chi connectivity index (χ3v) is 1.83. The Morgan fingerprint density at radius 3 is 2.38 bits per heavy atom. The highest BCUT2D eigenvalue weighted by atomic mass is 16.5. The van der Waals surface area contributed by atoms with Gasteiger partial charge in [0, 0.05) is 0 Å². The fourth-order valence-corrected chi connectivity index (χ4v) is 1.05. The number of hydrogen-bond donors (Lipinski definition) is 0. The smallest absolute Gasteiger partial charge is 0.111 e. The molecular weight excluding hydrogens is 162 g/mol. The van der Waals surface area contributed by atoms with Gasteiger partial charge < -0.3 is 4.74 Å². The maximum atomic E-state index is 8.89. The molecule has 2 nitrogen and oxygen atoms in total. The van der Waals surface area contributed by atoms with Crippen molar-refractivity contribution in [2.45, 2.75) is 6.92 Å². The average Bonchev–Trinajstić information content (AvgIpc) is 2.20. The predicted octanol–water partition coefficient (Wildman–Crippen LogP) is 2.59. The van der Waals surface area contributed by atoms with Crippen molar-refractivity contribution in [1.82, 2.24) is 0 Å². The maximum absolute atomic E-state index is 8.89. The second kappa shape index (κ2) is 4.32. The first-order valence-corrected chi connectivity index (χ1v) is 4.00. The van der Waals surface area contributed by atoms with Crippen LogP contribution in [0.3, 0.4) is 0 Å². The fraction of sp³-hybridized carbons (Fsp3) is 0.182. The lowest BCUT2D eigenvalue weighted by molar-refractivity contribution is 0.296. The van der Waals surface area contributed by atoms with Crippen molar-refractivity contribution < 1.29 is 4.74 Å². The Bertz CT molecular complexity index is 346. The van der Waals surface area contributed by atoms with E-state index in [2.05, 4.69) is 6.07 Å². The van der Waals surface area contributed by atoms with Crippen molar-refractivity contribution in [2.75, 3.05) is 7.11 Å². The Balaban J connectivity index is 3.15. The average molecular weight is 173 g/mol. The van der Waals surface area contributed by atoms with Gasteiger partial charge in [-0.15, -0.1) is 0 Å². The molecule has 0 saturated heterocycles. The summed E-state index contributed by atoms with van der Waals surface area (Å²) in [5, 5.41) is 8.89. The van der Waals surface area contributed by atoms with Crippen LogP contribution in [0.15, 0.2) is 36.1 Å². The van der Waals surface area contributed by atoms with Gasteiger partial charge in [0.15, 0.2) is 0 Å². The van der Waals surface area contributed by atoms with Crippen LogP contribution in [-0.4, -0.2) is 7.11 Å². The summed E-state index contributed by atoms with van der Waals surface area (Å²) in [5.74, 6) is 0.647. The highest BCUT2D eigenvalue weighted by Gasteiger charge is 2.03. The quantitative estimate of drug-likeness (QED) is 0.508. The molecule has 0 fully saturated rings. The van der Waals surface area contributed by atoms with Crippen LogP contribution in [0.25, 0.3) is 5.57 Å². The first-order valence-electron chi connectivity index (χ1n) is 4.00. The molecule has 13 heavy (non-hydrogen) atoms. The molecule has 0 aromatic heterocycles. The van der Waals surface area contributed by atoms with Gasteiger partial charge >= 0.3 is 0 Å². The molecular formula is C11H11NO. The number of methoxy groups -OCH3 is 1. The van der Waals surface area contributed by atoms with Crippen LogP contribution in [0.5, 0.6) is 0 Å². The van der Waals surface area contributed by atoms with Crippen molar-refractivity contribution in [3.63, 3.8) is 0 Å². The van der Waals surface area contributed by atoms with Crippen molar-refractivity contribution in [2.24, 2.45) is 0 Å². The molecule has 1 rings (SSSR count). The zero-order chi connectivity index (χ0) is 9.68. The molecule has 0 spiro atoms. The second-order valence-electron chi connectivity index (χ2n) is 2.61. The number of ether oxygens (including phenoxy) is 1. The molecule has 0 aliphatic carbocycles. The Morgan fingerprint density at radius 1 is 1.31 bits per heavy atom. The van der Waals surface area contributed by atoms with Gasteiger partial charge in [0.05, 0.1) is 12.7 Å². The Hall–Kier alpha value is -1.75.